The topological polar surface area (TPSA) is 0 Å². The van der Waals surface area contributed by atoms with Gasteiger partial charge in [-0.1, -0.05) is 118 Å². The average Bonchev–Trinajstić information content (AvgIpc) is 3.15. The molecule has 1 atom stereocenters. The monoisotopic (exact) mass is 330 g/mol. The van der Waals surface area contributed by atoms with Crippen LogP contribution < -0.4 is 0 Å². The van der Waals surface area contributed by atoms with Crippen LogP contribution in [0.4, 0.5) is 0 Å². The standard InChI is InChI=1S/C25H30/c1-4-5-19-25(21-13-8-6-9-14-21,22-15-10-7-11-16-22)24-18-12-17-23(24)20(2)3/h6-18,20,24H,4-5,19H2,1-3H3. The molecular formula is C25H30. The Bertz CT molecular complexity index is 680. The zero-order valence-electron chi connectivity index (χ0n) is 15.8. The first-order chi connectivity index (χ1) is 12.2. The van der Waals surface area contributed by atoms with Gasteiger partial charge in [-0.2, -0.15) is 0 Å². The van der Waals surface area contributed by atoms with Crippen molar-refractivity contribution in [3.63, 3.8) is 0 Å². The first kappa shape index (κ1) is 17.7. The van der Waals surface area contributed by atoms with Crippen molar-refractivity contribution >= 4 is 0 Å². The van der Waals surface area contributed by atoms with Crippen LogP contribution in [-0.4, -0.2) is 0 Å². The number of allylic oxidation sites excluding steroid dienone is 4. The van der Waals surface area contributed by atoms with E-state index in [1.54, 1.807) is 5.57 Å². The zero-order valence-corrected chi connectivity index (χ0v) is 15.8. The Morgan fingerprint density at radius 3 is 1.92 bits per heavy atom. The van der Waals surface area contributed by atoms with Gasteiger partial charge in [-0.05, 0) is 23.5 Å². The molecule has 1 aliphatic carbocycles. The number of rotatable bonds is 7. The molecule has 1 aliphatic rings. The fraction of sp³-hybridized carbons (Fsp3) is 0.360. The second kappa shape index (κ2) is 7.87. The third-order valence-corrected chi connectivity index (χ3v) is 5.65. The summed E-state index contributed by atoms with van der Waals surface area (Å²) in [6.45, 7) is 6.95. The highest BCUT2D eigenvalue weighted by atomic mass is 14.5. The van der Waals surface area contributed by atoms with Gasteiger partial charge in [-0.25, -0.2) is 0 Å². The molecule has 2 aromatic rings. The highest BCUT2D eigenvalue weighted by Crippen LogP contribution is 2.49. The molecule has 0 bridgehead atoms. The van der Waals surface area contributed by atoms with Crippen LogP contribution in [0, 0.1) is 11.8 Å². The molecule has 0 saturated carbocycles. The molecule has 0 spiro atoms. The van der Waals surface area contributed by atoms with Crippen molar-refractivity contribution in [1.82, 2.24) is 0 Å². The molecule has 0 heterocycles. The van der Waals surface area contributed by atoms with Crippen LogP contribution in [0.1, 0.15) is 51.2 Å². The van der Waals surface area contributed by atoms with E-state index in [4.69, 9.17) is 0 Å². The van der Waals surface area contributed by atoms with Gasteiger partial charge >= 0.3 is 0 Å². The lowest BCUT2D eigenvalue weighted by Gasteiger charge is -2.42. The summed E-state index contributed by atoms with van der Waals surface area (Å²) in [5.41, 5.74) is 4.46. The van der Waals surface area contributed by atoms with Crippen molar-refractivity contribution in [2.75, 3.05) is 0 Å². The lowest BCUT2D eigenvalue weighted by atomic mass is 9.60. The summed E-state index contributed by atoms with van der Waals surface area (Å²) in [5, 5.41) is 0. The summed E-state index contributed by atoms with van der Waals surface area (Å²) in [6.07, 6.45) is 10.7. The van der Waals surface area contributed by atoms with E-state index in [0.717, 1.165) is 0 Å². The summed E-state index contributed by atoms with van der Waals surface area (Å²) in [6, 6.07) is 22.3. The van der Waals surface area contributed by atoms with Gasteiger partial charge in [0.25, 0.3) is 0 Å². The Kier molecular flexibility index (Phi) is 5.58. The molecular weight excluding hydrogens is 300 g/mol. The van der Waals surface area contributed by atoms with E-state index in [0.29, 0.717) is 11.8 Å². The normalized spacial score (nSPS) is 17.1. The van der Waals surface area contributed by atoms with Crippen LogP contribution >= 0.6 is 0 Å². The molecule has 0 aliphatic heterocycles. The number of hydrogen-bond donors (Lipinski definition) is 0. The van der Waals surface area contributed by atoms with Crippen LogP contribution in [0.25, 0.3) is 0 Å². The van der Waals surface area contributed by atoms with Gasteiger partial charge in [-0.3, -0.25) is 0 Å². The Hall–Kier alpha value is -2.08. The molecule has 3 rings (SSSR count). The third-order valence-electron chi connectivity index (χ3n) is 5.65. The van der Waals surface area contributed by atoms with E-state index in [9.17, 15) is 0 Å². The zero-order chi connectivity index (χ0) is 17.7. The number of hydrogen-bond acceptors (Lipinski definition) is 0. The van der Waals surface area contributed by atoms with Crippen LogP contribution in [0.2, 0.25) is 0 Å². The molecule has 0 N–H and O–H groups in total. The second-order valence-corrected chi connectivity index (χ2v) is 7.49. The first-order valence-corrected chi connectivity index (χ1v) is 9.69. The predicted molar refractivity (Wildman–Crippen MR) is 109 cm³/mol. The molecule has 0 fully saturated rings. The summed E-state index contributed by atoms with van der Waals surface area (Å²) in [5.74, 6) is 0.997. The fourth-order valence-corrected chi connectivity index (χ4v) is 4.39. The van der Waals surface area contributed by atoms with Crippen molar-refractivity contribution in [1.29, 1.82) is 0 Å². The van der Waals surface area contributed by atoms with Gasteiger partial charge in [0.05, 0.1) is 0 Å². The first-order valence-electron chi connectivity index (χ1n) is 9.69. The Morgan fingerprint density at radius 2 is 1.44 bits per heavy atom. The van der Waals surface area contributed by atoms with Crippen molar-refractivity contribution in [2.24, 2.45) is 11.8 Å². The molecule has 0 heteroatoms. The quantitative estimate of drug-likeness (QED) is 0.516. The van der Waals surface area contributed by atoms with E-state index in [-0.39, 0.29) is 5.41 Å². The van der Waals surface area contributed by atoms with Crippen molar-refractivity contribution in [2.45, 2.75) is 45.4 Å². The van der Waals surface area contributed by atoms with Crippen LogP contribution in [0.5, 0.6) is 0 Å². The van der Waals surface area contributed by atoms with Crippen LogP contribution in [0.15, 0.2) is 84.5 Å². The average molecular weight is 331 g/mol. The van der Waals surface area contributed by atoms with Gasteiger partial charge in [0.1, 0.15) is 0 Å². The van der Waals surface area contributed by atoms with E-state index < -0.39 is 0 Å². The fourth-order valence-electron chi connectivity index (χ4n) is 4.39. The van der Waals surface area contributed by atoms with Gasteiger partial charge in [-0.15, -0.1) is 0 Å². The minimum absolute atomic E-state index is 0.0155. The molecule has 0 nitrogen and oxygen atoms in total. The van der Waals surface area contributed by atoms with E-state index in [1.165, 1.54) is 30.4 Å². The molecule has 0 saturated heterocycles. The minimum atomic E-state index is 0.0155. The van der Waals surface area contributed by atoms with Crippen LogP contribution in [0.3, 0.4) is 0 Å². The maximum absolute atomic E-state index is 2.44. The smallest absolute Gasteiger partial charge is 0.0303 e. The largest absolute Gasteiger partial charge is 0.0761 e. The third kappa shape index (κ3) is 3.35. The molecule has 2 aromatic carbocycles. The van der Waals surface area contributed by atoms with E-state index in [1.807, 2.05) is 0 Å². The molecule has 130 valence electrons. The molecule has 0 radical (unpaired) electrons. The van der Waals surface area contributed by atoms with E-state index >= 15 is 0 Å². The van der Waals surface area contributed by atoms with Gasteiger partial charge in [0.2, 0.25) is 0 Å². The Morgan fingerprint density at radius 1 is 0.880 bits per heavy atom. The minimum Gasteiger partial charge on any atom is -0.0761 e. The maximum Gasteiger partial charge on any atom is 0.0303 e. The Balaban J connectivity index is 2.22. The number of benzene rings is 2. The predicted octanol–water partition coefficient (Wildman–Crippen LogP) is 6.93. The highest BCUT2D eigenvalue weighted by Gasteiger charge is 2.43. The highest BCUT2D eigenvalue weighted by molar-refractivity contribution is 5.47. The summed E-state index contributed by atoms with van der Waals surface area (Å²) in [4.78, 5) is 0. The molecule has 1 unspecified atom stereocenters. The molecule has 25 heavy (non-hydrogen) atoms. The second-order valence-electron chi connectivity index (χ2n) is 7.49. The van der Waals surface area contributed by atoms with Crippen LogP contribution in [-0.2, 0) is 5.41 Å². The van der Waals surface area contributed by atoms with Crippen molar-refractivity contribution < 1.29 is 0 Å². The lowest BCUT2D eigenvalue weighted by molar-refractivity contribution is 0.366. The summed E-state index contributed by atoms with van der Waals surface area (Å²) < 4.78 is 0. The lowest BCUT2D eigenvalue weighted by Crippen LogP contribution is -2.37. The van der Waals surface area contributed by atoms with Crippen molar-refractivity contribution in [3.8, 4) is 0 Å². The molecule has 0 amide bonds. The van der Waals surface area contributed by atoms with Gasteiger partial charge in [0.15, 0.2) is 0 Å². The van der Waals surface area contributed by atoms with Gasteiger partial charge < -0.3 is 0 Å². The Labute approximate surface area is 153 Å². The van der Waals surface area contributed by atoms with Crippen molar-refractivity contribution in [3.05, 3.63) is 95.6 Å². The summed E-state index contributed by atoms with van der Waals surface area (Å²) >= 11 is 0. The SMILES string of the molecule is CCCCC(c1ccccc1)(c1ccccc1)C1C=CC=C1C(C)C. The molecule has 0 aromatic heterocycles. The summed E-state index contributed by atoms with van der Waals surface area (Å²) in [7, 11) is 0. The maximum atomic E-state index is 2.44. The van der Waals surface area contributed by atoms with Gasteiger partial charge in [0, 0.05) is 11.3 Å². The number of unbranched alkanes of at least 4 members (excludes halogenated alkanes) is 1. The van der Waals surface area contributed by atoms with E-state index in [2.05, 4.69) is 99.7 Å².